The van der Waals surface area contributed by atoms with Gasteiger partial charge in [-0.05, 0) is 12.8 Å². The number of carbonyl (C=O) groups is 1. The maximum Gasteiger partial charge on any atom is 0.227 e. The predicted molar refractivity (Wildman–Crippen MR) is 86.9 cm³/mol. The zero-order chi connectivity index (χ0) is 17.0. The molecule has 1 aromatic rings. The fraction of sp³-hybridized carbons (Fsp3) is 0.824. The van der Waals surface area contributed by atoms with Gasteiger partial charge in [0, 0.05) is 37.8 Å². The Balaban J connectivity index is 1.80. The summed E-state index contributed by atoms with van der Waals surface area (Å²) < 4.78 is 5.22. The fourth-order valence-corrected chi connectivity index (χ4v) is 2.92. The van der Waals surface area contributed by atoms with Gasteiger partial charge in [0.15, 0.2) is 5.82 Å². The Kier molecular flexibility index (Phi) is 5.79. The van der Waals surface area contributed by atoms with Gasteiger partial charge in [-0.25, -0.2) is 0 Å². The normalized spacial score (nSPS) is 22.1. The first-order valence-electron chi connectivity index (χ1n) is 8.52. The van der Waals surface area contributed by atoms with Crippen molar-refractivity contribution in [2.45, 2.75) is 70.8 Å². The topological polar surface area (TPSA) is 79.5 Å². The monoisotopic (exact) mass is 323 g/mol. The van der Waals surface area contributed by atoms with Crippen LogP contribution in [0.5, 0.6) is 0 Å². The van der Waals surface area contributed by atoms with E-state index >= 15 is 0 Å². The molecule has 6 nitrogen and oxygen atoms in total. The van der Waals surface area contributed by atoms with Crippen molar-refractivity contribution in [2.24, 2.45) is 5.92 Å². The smallest absolute Gasteiger partial charge is 0.227 e. The van der Waals surface area contributed by atoms with Crippen LogP contribution in [0.2, 0.25) is 0 Å². The number of aliphatic hydroxyl groups is 1. The zero-order valence-corrected chi connectivity index (χ0v) is 14.7. The third-order valence-electron chi connectivity index (χ3n) is 4.49. The number of hydrogen-bond acceptors (Lipinski definition) is 5. The molecular weight excluding hydrogens is 294 g/mol. The summed E-state index contributed by atoms with van der Waals surface area (Å²) in [6.45, 7) is 6.69. The highest BCUT2D eigenvalue weighted by molar-refractivity contribution is 5.76. The van der Waals surface area contributed by atoms with Crippen molar-refractivity contribution in [1.82, 2.24) is 15.0 Å². The number of aliphatic hydroxyl groups excluding tert-OH is 1. The summed E-state index contributed by atoms with van der Waals surface area (Å²) in [4.78, 5) is 18.3. The second kappa shape index (κ2) is 7.43. The number of hydrogen-bond donors (Lipinski definition) is 1. The standard InChI is InChI=1S/C17H29N3O3/c1-17(2,3)16-18-14(23-19-16)9-10-15(22)20(4)11-12-7-5-6-8-13(12)21/h12-13,21H,5-11H2,1-4H3. The molecule has 23 heavy (non-hydrogen) atoms. The van der Waals surface area contributed by atoms with Crippen molar-refractivity contribution in [3.63, 3.8) is 0 Å². The van der Waals surface area contributed by atoms with E-state index in [1.54, 1.807) is 11.9 Å². The molecular formula is C17H29N3O3. The number of carbonyl (C=O) groups excluding carboxylic acids is 1. The Hall–Kier alpha value is -1.43. The first-order chi connectivity index (χ1) is 10.8. The highest BCUT2D eigenvalue weighted by atomic mass is 16.5. The Bertz CT molecular complexity index is 521. The summed E-state index contributed by atoms with van der Waals surface area (Å²) >= 11 is 0. The molecule has 1 fully saturated rings. The van der Waals surface area contributed by atoms with E-state index < -0.39 is 0 Å². The summed E-state index contributed by atoms with van der Waals surface area (Å²) in [5.74, 6) is 1.43. The summed E-state index contributed by atoms with van der Waals surface area (Å²) in [6, 6.07) is 0. The largest absolute Gasteiger partial charge is 0.393 e. The van der Waals surface area contributed by atoms with Crippen molar-refractivity contribution in [2.75, 3.05) is 13.6 Å². The van der Waals surface area contributed by atoms with E-state index in [0.717, 1.165) is 25.7 Å². The molecule has 0 bridgehead atoms. The summed E-state index contributed by atoms with van der Waals surface area (Å²) in [6.07, 6.45) is 4.61. The van der Waals surface area contributed by atoms with Crippen LogP contribution < -0.4 is 0 Å². The van der Waals surface area contributed by atoms with Crippen LogP contribution >= 0.6 is 0 Å². The molecule has 1 N–H and O–H groups in total. The SMILES string of the molecule is CN(CC1CCCCC1O)C(=O)CCc1nc(C(C)(C)C)no1. The average Bonchev–Trinajstić information content (AvgIpc) is 2.96. The molecule has 1 aliphatic rings. The minimum Gasteiger partial charge on any atom is -0.393 e. The lowest BCUT2D eigenvalue weighted by Gasteiger charge is -2.31. The van der Waals surface area contributed by atoms with Gasteiger partial charge >= 0.3 is 0 Å². The van der Waals surface area contributed by atoms with Crippen molar-refractivity contribution in [3.8, 4) is 0 Å². The minimum absolute atomic E-state index is 0.0540. The fourth-order valence-electron chi connectivity index (χ4n) is 2.92. The Morgan fingerprint density at radius 1 is 1.35 bits per heavy atom. The maximum atomic E-state index is 12.3. The van der Waals surface area contributed by atoms with Crippen molar-refractivity contribution in [3.05, 3.63) is 11.7 Å². The molecule has 130 valence electrons. The highest BCUT2D eigenvalue weighted by Crippen LogP contribution is 2.25. The number of amides is 1. The first kappa shape index (κ1) is 17.9. The van der Waals surface area contributed by atoms with Crippen LogP contribution in [-0.4, -0.2) is 45.8 Å². The van der Waals surface area contributed by atoms with Crippen LogP contribution in [0.4, 0.5) is 0 Å². The highest BCUT2D eigenvalue weighted by Gasteiger charge is 2.26. The van der Waals surface area contributed by atoms with Crippen molar-refractivity contribution < 1.29 is 14.4 Å². The molecule has 2 atom stereocenters. The van der Waals surface area contributed by atoms with Crippen LogP contribution in [0.25, 0.3) is 0 Å². The summed E-state index contributed by atoms with van der Waals surface area (Å²) in [5.41, 5.74) is -0.153. The molecule has 0 radical (unpaired) electrons. The van der Waals surface area contributed by atoms with E-state index in [1.807, 2.05) is 20.8 Å². The van der Waals surface area contributed by atoms with E-state index in [0.29, 0.717) is 31.1 Å². The van der Waals surface area contributed by atoms with Gasteiger partial charge in [-0.2, -0.15) is 4.98 Å². The molecule has 2 rings (SSSR count). The van der Waals surface area contributed by atoms with Gasteiger partial charge in [0.1, 0.15) is 0 Å². The van der Waals surface area contributed by atoms with Gasteiger partial charge in [0.05, 0.1) is 6.10 Å². The molecule has 1 amide bonds. The molecule has 1 saturated carbocycles. The maximum absolute atomic E-state index is 12.3. The summed E-state index contributed by atoms with van der Waals surface area (Å²) in [7, 11) is 1.80. The Morgan fingerprint density at radius 3 is 2.65 bits per heavy atom. The van der Waals surface area contributed by atoms with Crippen LogP contribution in [0, 0.1) is 5.92 Å². The number of aromatic nitrogens is 2. The second-order valence-corrected chi connectivity index (χ2v) is 7.65. The van der Waals surface area contributed by atoms with Gasteiger partial charge < -0.3 is 14.5 Å². The van der Waals surface area contributed by atoms with E-state index in [-0.39, 0.29) is 23.3 Å². The Morgan fingerprint density at radius 2 is 2.04 bits per heavy atom. The van der Waals surface area contributed by atoms with Crippen molar-refractivity contribution >= 4 is 5.91 Å². The average molecular weight is 323 g/mol. The molecule has 6 heteroatoms. The molecule has 1 heterocycles. The number of nitrogens with zero attached hydrogens (tertiary/aromatic N) is 3. The number of aryl methyl sites for hydroxylation is 1. The van der Waals surface area contributed by atoms with Crippen LogP contribution in [0.1, 0.15) is 64.6 Å². The molecule has 0 aliphatic heterocycles. The third-order valence-corrected chi connectivity index (χ3v) is 4.49. The summed E-state index contributed by atoms with van der Waals surface area (Å²) in [5, 5.41) is 14.0. The van der Waals surface area contributed by atoms with Gasteiger partial charge in [-0.3, -0.25) is 4.79 Å². The van der Waals surface area contributed by atoms with Crippen LogP contribution in [0.3, 0.4) is 0 Å². The van der Waals surface area contributed by atoms with E-state index in [9.17, 15) is 9.90 Å². The quantitative estimate of drug-likeness (QED) is 0.899. The lowest BCUT2D eigenvalue weighted by Crippen LogP contribution is -2.38. The van der Waals surface area contributed by atoms with Crippen molar-refractivity contribution in [1.29, 1.82) is 0 Å². The van der Waals surface area contributed by atoms with E-state index in [1.165, 1.54) is 0 Å². The van der Waals surface area contributed by atoms with Crippen LogP contribution in [0.15, 0.2) is 4.52 Å². The van der Waals surface area contributed by atoms with Crippen LogP contribution in [-0.2, 0) is 16.6 Å². The van der Waals surface area contributed by atoms with Gasteiger partial charge in [0.25, 0.3) is 0 Å². The molecule has 2 unspecified atom stereocenters. The zero-order valence-electron chi connectivity index (χ0n) is 14.7. The van der Waals surface area contributed by atoms with E-state index in [4.69, 9.17) is 4.52 Å². The Labute approximate surface area is 138 Å². The molecule has 0 spiro atoms. The lowest BCUT2D eigenvalue weighted by molar-refractivity contribution is -0.131. The molecule has 0 aromatic carbocycles. The van der Waals surface area contributed by atoms with Gasteiger partial charge in [-0.1, -0.05) is 38.8 Å². The van der Waals surface area contributed by atoms with E-state index in [2.05, 4.69) is 10.1 Å². The van der Waals surface area contributed by atoms with Gasteiger partial charge in [-0.15, -0.1) is 0 Å². The second-order valence-electron chi connectivity index (χ2n) is 7.65. The lowest BCUT2D eigenvalue weighted by atomic mass is 9.86. The minimum atomic E-state index is -0.274. The predicted octanol–water partition coefficient (Wildman–Crippen LogP) is 2.31. The molecule has 1 aromatic heterocycles. The first-order valence-corrected chi connectivity index (χ1v) is 8.52. The third kappa shape index (κ3) is 5.03. The number of rotatable bonds is 5. The molecule has 1 aliphatic carbocycles. The van der Waals surface area contributed by atoms with Gasteiger partial charge in [0.2, 0.25) is 11.8 Å². The molecule has 0 saturated heterocycles.